The predicted octanol–water partition coefficient (Wildman–Crippen LogP) is 2.79. The molecule has 0 aromatic heterocycles. The summed E-state index contributed by atoms with van der Waals surface area (Å²) < 4.78 is 0. The third kappa shape index (κ3) is 1.96. The SMILES string of the molecule is CC1(C)CCC(NC2CC2)(C(=O)O)c2ccccc21. The van der Waals surface area contributed by atoms with E-state index in [0.29, 0.717) is 12.5 Å². The normalized spacial score (nSPS) is 28.7. The van der Waals surface area contributed by atoms with Gasteiger partial charge in [0.25, 0.3) is 0 Å². The minimum absolute atomic E-state index is 0.0563. The fourth-order valence-corrected chi connectivity index (χ4v) is 3.22. The number of aliphatic carboxylic acids is 1. The lowest BCUT2D eigenvalue weighted by Gasteiger charge is -2.43. The third-order valence-corrected chi connectivity index (χ3v) is 4.63. The largest absolute Gasteiger partial charge is 0.480 e. The highest BCUT2D eigenvalue weighted by molar-refractivity contribution is 5.82. The number of hydrogen-bond donors (Lipinski definition) is 2. The van der Waals surface area contributed by atoms with Crippen molar-refractivity contribution in [1.82, 2.24) is 5.32 Å². The summed E-state index contributed by atoms with van der Waals surface area (Å²) >= 11 is 0. The molecule has 19 heavy (non-hydrogen) atoms. The van der Waals surface area contributed by atoms with E-state index in [9.17, 15) is 9.90 Å². The Bertz CT molecular complexity index is 519. The third-order valence-electron chi connectivity index (χ3n) is 4.63. The van der Waals surface area contributed by atoms with Crippen molar-refractivity contribution in [2.75, 3.05) is 0 Å². The minimum atomic E-state index is -0.882. The molecule has 1 unspecified atom stereocenters. The van der Waals surface area contributed by atoms with E-state index in [0.717, 1.165) is 24.8 Å². The van der Waals surface area contributed by atoms with Gasteiger partial charge in [-0.25, -0.2) is 4.79 Å². The molecule has 0 amide bonds. The topological polar surface area (TPSA) is 49.3 Å². The van der Waals surface area contributed by atoms with Gasteiger partial charge in [0.2, 0.25) is 0 Å². The van der Waals surface area contributed by atoms with Crippen LogP contribution in [0.4, 0.5) is 0 Å². The molecule has 2 aliphatic rings. The number of fused-ring (bicyclic) bond motifs is 1. The van der Waals surface area contributed by atoms with Crippen molar-refractivity contribution < 1.29 is 9.90 Å². The smallest absolute Gasteiger partial charge is 0.328 e. The van der Waals surface area contributed by atoms with Crippen molar-refractivity contribution in [3.63, 3.8) is 0 Å². The lowest BCUT2D eigenvalue weighted by molar-refractivity contribution is -0.146. The van der Waals surface area contributed by atoms with Crippen LogP contribution in [-0.4, -0.2) is 17.1 Å². The van der Waals surface area contributed by atoms with Gasteiger partial charge < -0.3 is 5.11 Å². The van der Waals surface area contributed by atoms with Gasteiger partial charge in [0.1, 0.15) is 5.54 Å². The molecule has 0 saturated heterocycles. The molecule has 1 fully saturated rings. The van der Waals surface area contributed by atoms with E-state index < -0.39 is 11.5 Å². The number of nitrogens with one attached hydrogen (secondary N) is 1. The molecule has 1 saturated carbocycles. The van der Waals surface area contributed by atoms with Gasteiger partial charge in [-0.2, -0.15) is 0 Å². The molecule has 0 bridgehead atoms. The second kappa shape index (κ2) is 4.07. The first-order chi connectivity index (χ1) is 8.96. The van der Waals surface area contributed by atoms with Crippen LogP contribution in [0.25, 0.3) is 0 Å². The number of rotatable bonds is 3. The van der Waals surface area contributed by atoms with Gasteiger partial charge in [-0.15, -0.1) is 0 Å². The van der Waals surface area contributed by atoms with E-state index in [-0.39, 0.29) is 5.41 Å². The highest BCUT2D eigenvalue weighted by Gasteiger charge is 2.50. The summed E-state index contributed by atoms with van der Waals surface area (Å²) in [6, 6.07) is 8.41. The standard InChI is InChI=1S/C16H21NO2/c1-15(2)9-10-16(14(18)19,17-11-7-8-11)13-6-4-3-5-12(13)15/h3-6,11,17H,7-10H2,1-2H3,(H,18,19). The summed E-state index contributed by atoms with van der Waals surface area (Å²) in [6.45, 7) is 4.41. The number of hydrogen-bond acceptors (Lipinski definition) is 2. The highest BCUT2D eigenvalue weighted by Crippen LogP contribution is 2.46. The van der Waals surface area contributed by atoms with Gasteiger partial charge >= 0.3 is 5.97 Å². The molecule has 1 aromatic rings. The van der Waals surface area contributed by atoms with Crippen LogP contribution in [0.1, 0.15) is 50.7 Å². The Morgan fingerprint density at radius 2 is 1.84 bits per heavy atom. The molecule has 2 N–H and O–H groups in total. The van der Waals surface area contributed by atoms with Gasteiger partial charge in [0.05, 0.1) is 0 Å². The second-order valence-corrected chi connectivity index (χ2v) is 6.56. The Hall–Kier alpha value is -1.35. The van der Waals surface area contributed by atoms with Gasteiger partial charge in [0, 0.05) is 6.04 Å². The Labute approximate surface area is 114 Å². The van der Waals surface area contributed by atoms with Gasteiger partial charge in [-0.3, -0.25) is 5.32 Å². The molecule has 0 spiro atoms. The van der Waals surface area contributed by atoms with Gasteiger partial charge in [-0.05, 0) is 42.2 Å². The summed E-state index contributed by atoms with van der Waals surface area (Å²) in [6.07, 6.45) is 3.76. The first-order valence-electron chi connectivity index (χ1n) is 7.07. The van der Waals surface area contributed by atoms with E-state index in [1.165, 1.54) is 5.56 Å². The van der Waals surface area contributed by atoms with Crippen molar-refractivity contribution in [3.8, 4) is 0 Å². The average Bonchev–Trinajstić information content (AvgIpc) is 3.17. The number of carboxylic acid groups (broad SMARTS) is 1. The zero-order valence-corrected chi connectivity index (χ0v) is 11.6. The maximum Gasteiger partial charge on any atom is 0.328 e. The molecular weight excluding hydrogens is 238 g/mol. The van der Waals surface area contributed by atoms with Crippen LogP contribution in [-0.2, 0) is 15.7 Å². The van der Waals surface area contributed by atoms with Crippen LogP contribution in [0.2, 0.25) is 0 Å². The summed E-state index contributed by atoms with van der Waals surface area (Å²) in [4.78, 5) is 12.0. The van der Waals surface area contributed by atoms with Crippen molar-refractivity contribution >= 4 is 5.97 Å². The van der Waals surface area contributed by atoms with Crippen molar-refractivity contribution in [1.29, 1.82) is 0 Å². The molecule has 2 aliphatic carbocycles. The average molecular weight is 259 g/mol. The van der Waals surface area contributed by atoms with E-state index in [1.54, 1.807) is 0 Å². The fourth-order valence-electron chi connectivity index (χ4n) is 3.22. The van der Waals surface area contributed by atoms with Crippen LogP contribution in [0.5, 0.6) is 0 Å². The Morgan fingerprint density at radius 3 is 2.42 bits per heavy atom. The van der Waals surface area contributed by atoms with Crippen LogP contribution in [0, 0.1) is 0 Å². The van der Waals surface area contributed by atoms with E-state index in [1.807, 2.05) is 18.2 Å². The summed E-state index contributed by atoms with van der Waals surface area (Å²) in [5, 5.41) is 13.2. The van der Waals surface area contributed by atoms with Crippen molar-refractivity contribution in [3.05, 3.63) is 35.4 Å². The molecule has 0 radical (unpaired) electrons. The zero-order chi connectivity index (χ0) is 13.7. The molecule has 3 nitrogen and oxygen atoms in total. The zero-order valence-electron chi connectivity index (χ0n) is 11.6. The maximum absolute atomic E-state index is 12.0. The van der Waals surface area contributed by atoms with E-state index >= 15 is 0 Å². The molecule has 1 atom stereocenters. The summed E-state index contributed by atoms with van der Waals surface area (Å²) in [7, 11) is 0. The van der Waals surface area contributed by atoms with E-state index in [2.05, 4.69) is 25.2 Å². The Kier molecular flexibility index (Phi) is 2.72. The Balaban J connectivity index is 2.13. The number of benzene rings is 1. The summed E-state index contributed by atoms with van der Waals surface area (Å²) in [5.41, 5.74) is 1.32. The van der Waals surface area contributed by atoms with Gasteiger partial charge in [0.15, 0.2) is 0 Å². The molecule has 3 rings (SSSR count). The maximum atomic E-state index is 12.0. The van der Waals surface area contributed by atoms with Crippen LogP contribution < -0.4 is 5.32 Å². The van der Waals surface area contributed by atoms with Crippen LogP contribution >= 0.6 is 0 Å². The molecule has 0 aliphatic heterocycles. The second-order valence-electron chi connectivity index (χ2n) is 6.56. The first-order valence-corrected chi connectivity index (χ1v) is 7.07. The van der Waals surface area contributed by atoms with Gasteiger partial charge in [-0.1, -0.05) is 38.1 Å². The number of carbonyl (C=O) groups is 1. The van der Waals surface area contributed by atoms with E-state index in [4.69, 9.17) is 0 Å². The molecule has 0 heterocycles. The lowest BCUT2D eigenvalue weighted by Crippen LogP contribution is -2.54. The first kappa shape index (κ1) is 12.7. The van der Waals surface area contributed by atoms with Crippen LogP contribution in [0.15, 0.2) is 24.3 Å². The fraction of sp³-hybridized carbons (Fsp3) is 0.562. The minimum Gasteiger partial charge on any atom is -0.480 e. The predicted molar refractivity (Wildman–Crippen MR) is 74.2 cm³/mol. The molecule has 102 valence electrons. The molecule has 1 aromatic carbocycles. The molecule has 3 heteroatoms. The summed E-state index contributed by atoms with van der Waals surface area (Å²) in [5.74, 6) is -0.734. The monoisotopic (exact) mass is 259 g/mol. The Morgan fingerprint density at radius 1 is 1.21 bits per heavy atom. The van der Waals surface area contributed by atoms with Crippen LogP contribution in [0.3, 0.4) is 0 Å². The number of carboxylic acids is 1. The highest BCUT2D eigenvalue weighted by atomic mass is 16.4. The quantitative estimate of drug-likeness (QED) is 0.877. The lowest BCUT2D eigenvalue weighted by atomic mass is 9.65. The van der Waals surface area contributed by atoms with Crippen molar-refractivity contribution in [2.24, 2.45) is 0 Å². The molecular formula is C16H21NO2. The van der Waals surface area contributed by atoms with Crippen molar-refractivity contribution in [2.45, 2.75) is 56.5 Å².